The van der Waals surface area contributed by atoms with Gasteiger partial charge in [0.15, 0.2) is 0 Å². The molecule has 0 spiro atoms. The van der Waals surface area contributed by atoms with Gasteiger partial charge in [-0.3, -0.25) is 9.97 Å². The first-order valence-corrected chi connectivity index (χ1v) is 8.91. The van der Waals surface area contributed by atoms with E-state index in [1.165, 1.54) is 0 Å². The second-order valence-corrected chi connectivity index (χ2v) is 6.57. The quantitative estimate of drug-likeness (QED) is 0.393. The van der Waals surface area contributed by atoms with Crippen LogP contribution in [0.3, 0.4) is 0 Å². The summed E-state index contributed by atoms with van der Waals surface area (Å²) in [6.07, 6.45) is 3.50. The number of halogens is 2. The van der Waals surface area contributed by atoms with Gasteiger partial charge in [0, 0.05) is 23.5 Å². The Morgan fingerprint density at radius 1 is 0.462 bits per heavy atom. The zero-order valence-corrected chi connectivity index (χ0v) is 15.2. The maximum Gasteiger partial charge on any atom is 0.0894 e. The van der Waals surface area contributed by atoms with Crippen LogP contribution >= 0.6 is 23.2 Å². The van der Waals surface area contributed by atoms with Crippen molar-refractivity contribution in [2.45, 2.75) is 0 Å². The third kappa shape index (κ3) is 3.10. The van der Waals surface area contributed by atoms with Crippen LogP contribution in [0.15, 0.2) is 85.2 Å². The van der Waals surface area contributed by atoms with Gasteiger partial charge in [-0.25, -0.2) is 0 Å². The average molecular weight is 377 g/mol. The molecule has 0 amide bonds. The third-order valence-electron chi connectivity index (χ3n) is 4.17. The van der Waals surface area contributed by atoms with Crippen LogP contribution in [0.4, 0.5) is 0 Å². The van der Waals surface area contributed by atoms with Crippen LogP contribution in [0, 0.1) is 0 Å². The van der Waals surface area contributed by atoms with Crippen molar-refractivity contribution in [1.82, 2.24) is 9.97 Å². The second-order valence-electron chi connectivity index (χ2n) is 5.76. The molecule has 126 valence electrons. The summed E-state index contributed by atoms with van der Waals surface area (Å²) in [5.74, 6) is 0. The lowest BCUT2D eigenvalue weighted by molar-refractivity contribution is 1.32. The largest absolute Gasteiger partial charge is 0.255 e. The molecule has 0 aliphatic rings. The van der Waals surface area contributed by atoms with Crippen molar-refractivity contribution in [3.63, 3.8) is 0 Å². The van der Waals surface area contributed by atoms with Gasteiger partial charge >= 0.3 is 0 Å². The summed E-state index contributed by atoms with van der Waals surface area (Å²) in [6, 6.07) is 23.5. The summed E-state index contributed by atoms with van der Waals surface area (Å²) in [5.41, 5.74) is 5.52. The molecular formula is C22H14Cl2N2. The van der Waals surface area contributed by atoms with Gasteiger partial charge in [-0.2, -0.15) is 0 Å². The number of hydrogen-bond acceptors (Lipinski definition) is 2. The number of aromatic nitrogens is 2. The van der Waals surface area contributed by atoms with E-state index >= 15 is 0 Å². The molecule has 2 aromatic carbocycles. The van der Waals surface area contributed by atoms with E-state index in [0.29, 0.717) is 10.0 Å². The number of rotatable bonds is 3. The Morgan fingerprint density at radius 3 is 1.23 bits per heavy atom. The standard InChI is InChI=1S/C22H14Cl2N2/c23-19-11-5-13-25-21(19)17-9-3-1-7-15(17)16-8-2-4-10-18(16)22-20(24)12-6-14-26-22/h1-14H. The van der Waals surface area contributed by atoms with E-state index in [4.69, 9.17) is 23.2 Å². The van der Waals surface area contributed by atoms with Gasteiger partial charge in [0.05, 0.1) is 21.4 Å². The Morgan fingerprint density at radius 2 is 0.846 bits per heavy atom. The molecule has 0 atom stereocenters. The van der Waals surface area contributed by atoms with Crippen molar-refractivity contribution in [1.29, 1.82) is 0 Å². The van der Waals surface area contributed by atoms with E-state index in [0.717, 1.165) is 33.6 Å². The fraction of sp³-hybridized carbons (Fsp3) is 0. The molecule has 2 heterocycles. The lowest BCUT2D eigenvalue weighted by Crippen LogP contribution is -1.92. The molecule has 2 nitrogen and oxygen atoms in total. The minimum Gasteiger partial charge on any atom is -0.255 e. The topological polar surface area (TPSA) is 25.8 Å². The summed E-state index contributed by atoms with van der Waals surface area (Å²) in [6.45, 7) is 0. The van der Waals surface area contributed by atoms with Crippen LogP contribution in [0.2, 0.25) is 10.0 Å². The second kappa shape index (κ2) is 7.28. The Balaban J connectivity index is 1.97. The maximum absolute atomic E-state index is 6.40. The van der Waals surface area contributed by atoms with Gasteiger partial charge < -0.3 is 0 Å². The Labute approximate surface area is 162 Å². The highest BCUT2D eigenvalue weighted by Gasteiger charge is 2.16. The monoisotopic (exact) mass is 376 g/mol. The Hall–Kier alpha value is -2.68. The number of pyridine rings is 2. The molecule has 0 saturated heterocycles. The SMILES string of the molecule is Clc1cccnc1-c1ccccc1-c1ccccc1-c1ncccc1Cl. The molecule has 0 aliphatic carbocycles. The molecule has 4 aromatic rings. The first kappa shape index (κ1) is 16.8. The van der Waals surface area contributed by atoms with Crippen LogP contribution in [0.5, 0.6) is 0 Å². The van der Waals surface area contributed by atoms with E-state index in [2.05, 4.69) is 22.1 Å². The highest BCUT2D eigenvalue weighted by atomic mass is 35.5. The summed E-state index contributed by atoms with van der Waals surface area (Å²) in [4.78, 5) is 8.96. The van der Waals surface area contributed by atoms with Gasteiger partial charge in [0.2, 0.25) is 0 Å². The van der Waals surface area contributed by atoms with E-state index in [9.17, 15) is 0 Å². The van der Waals surface area contributed by atoms with Crippen LogP contribution in [-0.2, 0) is 0 Å². The molecule has 4 heteroatoms. The molecule has 0 fully saturated rings. The van der Waals surface area contributed by atoms with Crippen molar-refractivity contribution >= 4 is 23.2 Å². The predicted molar refractivity (Wildman–Crippen MR) is 108 cm³/mol. The predicted octanol–water partition coefficient (Wildman–Crippen LogP) is 6.78. The summed E-state index contributed by atoms with van der Waals surface area (Å²) in [7, 11) is 0. The van der Waals surface area contributed by atoms with Crippen molar-refractivity contribution < 1.29 is 0 Å². The molecule has 0 saturated carbocycles. The lowest BCUT2D eigenvalue weighted by Gasteiger charge is -2.14. The minimum atomic E-state index is 0.619. The van der Waals surface area contributed by atoms with E-state index in [1.54, 1.807) is 12.4 Å². The van der Waals surface area contributed by atoms with Crippen LogP contribution in [0.1, 0.15) is 0 Å². The highest BCUT2D eigenvalue weighted by Crippen LogP contribution is 2.40. The van der Waals surface area contributed by atoms with Crippen molar-refractivity contribution in [3.05, 3.63) is 95.2 Å². The normalized spacial score (nSPS) is 10.7. The maximum atomic E-state index is 6.40. The fourth-order valence-corrected chi connectivity index (χ4v) is 3.46. The van der Waals surface area contributed by atoms with Gasteiger partial charge in [-0.1, -0.05) is 71.7 Å². The van der Waals surface area contributed by atoms with Crippen molar-refractivity contribution in [3.8, 4) is 33.6 Å². The minimum absolute atomic E-state index is 0.619. The molecule has 0 N–H and O–H groups in total. The van der Waals surface area contributed by atoms with Crippen LogP contribution in [-0.4, -0.2) is 9.97 Å². The molecule has 0 radical (unpaired) electrons. The van der Waals surface area contributed by atoms with Crippen molar-refractivity contribution in [2.24, 2.45) is 0 Å². The van der Waals surface area contributed by atoms with E-state index < -0.39 is 0 Å². The first-order valence-electron chi connectivity index (χ1n) is 8.16. The number of hydrogen-bond donors (Lipinski definition) is 0. The average Bonchev–Trinajstić information content (AvgIpc) is 2.69. The lowest BCUT2D eigenvalue weighted by atomic mass is 9.92. The van der Waals surface area contributed by atoms with Gasteiger partial charge in [-0.05, 0) is 35.4 Å². The fourth-order valence-electron chi connectivity index (χ4n) is 3.02. The smallest absolute Gasteiger partial charge is 0.0894 e. The molecule has 2 aromatic heterocycles. The summed E-state index contributed by atoms with van der Waals surface area (Å²) >= 11 is 12.8. The Kier molecular flexibility index (Phi) is 4.70. The molecule has 4 rings (SSSR count). The van der Waals surface area contributed by atoms with Crippen LogP contribution in [0.25, 0.3) is 33.6 Å². The van der Waals surface area contributed by atoms with Crippen molar-refractivity contribution in [2.75, 3.05) is 0 Å². The summed E-state index contributed by atoms with van der Waals surface area (Å²) < 4.78 is 0. The van der Waals surface area contributed by atoms with Gasteiger partial charge in [0.25, 0.3) is 0 Å². The highest BCUT2D eigenvalue weighted by molar-refractivity contribution is 6.33. The van der Waals surface area contributed by atoms with Crippen LogP contribution < -0.4 is 0 Å². The zero-order valence-electron chi connectivity index (χ0n) is 13.7. The first-order chi connectivity index (χ1) is 12.8. The molecule has 26 heavy (non-hydrogen) atoms. The third-order valence-corrected chi connectivity index (χ3v) is 4.78. The summed E-state index contributed by atoms with van der Waals surface area (Å²) in [5, 5.41) is 1.24. The number of benzene rings is 2. The molecule has 0 bridgehead atoms. The molecule has 0 unspecified atom stereocenters. The van der Waals surface area contributed by atoms with Gasteiger partial charge in [-0.15, -0.1) is 0 Å². The number of nitrogens with zero attached hydrogens (tertiary/aromatic N) is 2. The molecule has 0 aliphatic heterocycles. The molecular weight excluding hydrogens is 363 g/mol. The van der Waals surface area contributed by atoms with E-state index in [-0.39, 0.29) is 0 Å². The van der Waals surface area contributed by atoms with E-state index in [1.807, 2.05) is 60.7 Å². The van der Waals surface area contributed by atoms with Gasteiger partial charge in [0.1, 0.15) is 0 Å². The Bertz CT molecular complexity index is 990. The zero-order chi connectivity index (χ0) is 17.9.